The van der Waals surface area contributed by atoms with Crippen molar-refractivity contribution in [1.29, 1.82) is 0 Å². The van der Waals surface area contributed by atoms with Crippen LogP contribution in [0.3, 0.4) is 0 Å². The first-order valence-electron chi connectivity index (χ1n) is 6.32. The van der Waals surface area contributed by atoms with Gasteiger partial charge >= 0.3 is 0 Å². The molecule has 18 heavy (non-hydrogen) atoms. The number of hydrogen-bond acceptors (Lipinski definition) is 4. The number of rotatable bonds is 4. The van der Waals surface area contributed by atoms with Gasteiger partial charge in [0.25, 0.3) is 0 Å². The van der Waals surface area contributed by atoms with Crippen LogP contribution in [0, 0.1) is 0 Å². The van der Waals surface area contributed by atoms with Gasteiger partial charge in [0, 0.05) is 19.3 Å². The molecule has 98 valence electrons. The van der Waals surface area contributed by atoms with Crippen LogP contribution in [-0.2, 0) is 20.8 Å². The van der Waals surface area contributed by atoms with E-state index >= 15 is 0 Å². The highest BCUT2D eigenvalue weighted by Crippen LogP contribution is 2.39. The van der Waals surface area contributed by atoms with Gasteiger partial charge in [-0.3, -0.25) is 0 Å². The Morgan fingerprint density at radius 1 is 1.28 bits per heavy atom. The summed E-state index contributed by atoms with van der Waals surface area (Å²) in [6.07, 6.45) is 1.48. The molecule has 0 unspecified atom stereocenters. The lowest BCUT2D eigenvalue weighted by Gasteiger charge is -2.33. The van der Waals surface area contributed by atoms with E-state index in [1.807, 2.05) is 30.0 Å². The maximum atomic E-state index is 6.01. The fourth-order valence-corrected chi connectivity index (χ4v) is 3.81. The molecular weight excluding hydrogens is 248 g/mol. The summed E-state index contributed by atoms with van der Waals surface area (Å²) < 4.78 is 17.4. The standard InChI is InChI=1S/C14H18O3S/c1-15-12-7-11(13-9-18-14(12)17-13)16-8-10-5-3-2-4-6-10/h2-6,11-14H,7-9H2,1H3/t11-,12+,13-,14+/m0/s1. The summed E-state index contributed by atoms with van der Waals surface area (Å²) in [6, 6.07) is 10.3. The maximum absolute atomic E-state index is 6.01. The molecule has 1 aromatic carbocycles. The van der Waals surface area contributed by atoms with Crippen LogP contribution in [0.5, 0.6) is 0 Å². The van der Waals surface area contributed by atoms with Gasteiger partial charge in [-0.25, -0.2) is 0 Å². The van der Waals surface area contributed by atoms with Crippen molar-refractivity contribution in [1.82, 2.24) is 0 Å². The minimum Gasteiger partial charge on any atom is -0.378 e. The Labute approximate surface area is 112 Å². The number of benzene rings is 1. The Morgan fingerprint density at radius 2 is 2.11 bits per heavy atom. The van der Waals surface area contributed by atoms with E-state index in [9.17, 15) is 0 Å². The maximum Gasteiger partial charge on any atom is 0.130 e. The molecule has 2 aliphatic rings. The number of hydrogen-bond donors (Lipinski definition) is 0. The van der Waals surface area contributed by atoms with Crippen LogP contribution in [0.1, 0.15) is 12.0 Å². The van der Waals surface area contributed by atoms with Crippen molar-refractivity contribution in [2.24, 2.45) is 0 Å². The lowest BCUT2D eigenvalue weighted by Crippen LogP contribution is -2.43. The fourth-order valence-electron chi connectivity index (χ4n) is 2.48. The highest BCUT2D eigenvalue weighted by molar-refractivity contribution is 8.00. The third-order valence-electron chi connectivity index (χ3n) is 3.53. The van der Waals surface area contributed by atoms with Gasteiger partial charge in [0.15, 0.2) is 0 Å². The van der Waals surface area contributed by atoms with Crippen molar-refractivity contribution in [2.45, 2.75) is 36.8 Å². The van der Waals surface area contributed by atoms with Gasteiger partial charge in [-0.1, -0.05) is 30.3 Å². The number of fused-ring (bicyclic) bond motifs is 2. The van der Waals surface area contributed by atoms with E-state index in [4.69, 9.17) is 14.2 Å². The molecule has 2 aliphatic heterocycles. The van der Waals surface area contributed by atoms with Crippen LogP contribution >= 0.6 is 11.8 Å². The minimum absolute atomic E-state index is 0.154. The second kappa shape index (κ2) is 5.61. The van der Waals surface area contributed by atoms with Gasteiger partial charge in [0.1, 0.15) is 5.44 Å². The molecule has 0 aromatic heterocycles. The van der Waals surface area contributed by atoms with Crippen molar-refractivity contribution >= 4 is 11.8 Å². The third kappa shape index (κ3) is 2.57. The van der Waals surface area contributed by atoms with Gasteiger partial charge in [-0.2, -0.15) is 0 Å². The van der Waals surface area contributed by atoms with Gasteiger partial charge in [0.05, 0.1) is 24.9 Å². The summed E-state index contributed by atoms with van der Waals surface area (Å²) in [6.45, 7) is 0.650. The van der Waals surface area contributed by atoms with Crippen molar-refractivity contribution in [3.63, 3.8) is 0 Å². The summed E-state index contributed by atoms with van der Waals surface area (Å²) in [4.78, 5) is 0. The first-order valence-corrected chi connectivity index (χ1v) is 7.37. The zero-order chi connectivity index (χ0) is 12.4. The van der Waals surface area contributed by atoms with E-state index in [-0.39, 0.29) is 23.7 Å². The van der Waals surface area contributed by atoms with E-state index in [0.717, 1.165) is 12.2 Å². The molecule has 0 amide bonds. The molecule has 0 saturated carbocycles. The SMILES string of the molecule is CO[C@@H]1C[C@H](OCc2ccccc2)[C@@H]2CS[C@H]1O2. The zero-order valence-corrected chi connectivity index (χ0v) is 11.3. The highest BCUT2D eigenvalue weighted by atomic mass is 32.2. The first-order chi connectivity index (χ1) is 8.86. The van der Waals surface area contributed by atoms with E-state index in [1.54, 1.807) is 7.11 Å². The minimum atomic E-state index is 0.154. The molecule has 0 N–H and O–H groups in total. The van der Waals surface area contributed by atoms with E-state index < -0.39 is 0 Å². The van der Waals surface area contributed by atoms with Crippen LogP contribution in [0.2, 0.25) is 0 Å². The Kier molecular flexibility index (Phi) is 3.89. The number of ether oxygens (including phenoxy) is 3. The molecule has 4 atom stereocenters. The van der Waals surface area contributed by atoms with Gasteiger partial charge in [-0.15, -0.1) is 11.8 Å². The molecule has 2 bridgehead atoms. The predicted octanol–water partition coefficient (Wildman–Crippen LogP) is 2.45. The molecule has 4 heteroatoms. The smallest absolute Gasteiger partial charge is 0.130 e. The van der Waals surface area contributed by atoms with Gasteiger partial charge in [-0.05, 0) is 5.56 Å². The first kappa shape index (κ1) is 12.5. The van der Waals surface area contributed by atoms with E-state index in [0.29, 0.717) is 6.61 Å². The van der Waals surface area contributed by atoms with Crippen molar-refractivity contribution in [2.75, 3.05) is 12.9 Å². The Hall–Kier alpha value is -0.550. The topological polar surface area (TPSA) is 27.7 Å². The average Bonchev–Trinajstić information content (AvgIpc) is 2.84. The fraction of sp³-hybridized carbons (Fsp3) is 0.571. The Balaban J connectivity index is 1.59. The summed E-state index contributed by atoms with van der Waals surface area (Å²) in [5.41, 5.74) is 1.41. The van der Waals surface area contributed by atoms with Gasteiger partial charge in [0.2, 0.25) is 0 Å². The van der Waals surface area contributed by atoms with Gasteiger partial charge < -0.3 is 14.2 Å². The van der Waals surface area contributed by atoms with E-state index in [2.05, 4.69) is 12.1 Å². The average molecular weight is 266 g/mol. The number of methoxy groups -OCH3 is 1. The molecule has 3 rings (SSSR count). The molecule has 2 fully saturated rings. The van der Waals surface area contributed by atoms with Crippen LogP contribution in [0.25, 0.3) is 0 Å². The third-order valence-corrected chi connectivity index (χ3v) is 4.79. The predicted molar refractivity (Wildman–Crippen MR) is 71.6 cm³/mol. The molecule has 0 spiro atoms. The second-order valence-corrected chi connectivity index (χ2v) is 5.85. The molecule has 0 aliphatic carbocycles. The lowest BCUT2D eigenvalue weighted by atomic mass is 10.0. The number of thioether (sulfide) groups is 1. The molecule has 2 heterocycles. The summed E-state index contributed by atoms with van der Waals surface area (Å²) in [7, 11) is 1.75. The molecule has 0 radical (unpaired) electrons. The van der Waals surface area contributed by atoms with Crippen LogP contribution in [0.15, 0.2) is 30.3 Å². The quantitative estimate of drug-likeness (QED) is 0.836. The zero-order valence-electron chi connectivity index (χ0n) is 10.5. The molecule has 1 aromatic rings. The molecule has 2 saturated heterocycles. The summed E-state index contributed by atoms with van der Waals surface area (Å²) in [5, 5.41) is 0. The summed E-state index contributed by atoms with van der Waals surface area (Å²) in [5.74, 6) is 1.02. The highest BCUT2D eigenvalue weighted by Gasteiger charge is 2.44. The monoisotopic (exact) mass is 266 g/mol. The Morgan fingerprint density at radius 3 is 2.89 bits per heavy atom. The lowest BCUT2D eigenvalue weighted by molar-refractivity contribution is -0.151. The van der Waals surface area contributed by atoms with E-state index in [1.165, 1.54) is 5.56 Å². The Bertz CT molecular complexity index is 384. The van der Waals surface area contributed by atoms with Crippen molar-refractivity contribution in [3.05, 3.63) is 35.9 Å². The second-order valence-electron chi connectivity index (χ2n) is 4.72. The van der Waals surface area contributed by atoms with Crippen molar-refractivity contribution in [3.8, 4) is 0 Å². The van der Waals surface area contributed by atoms with Crippen molar-refractivity contribution < 1.29 is 14.2 Å². The largest absolute Gasteiger partial charge is 0.378 e. The van der Waals surface area contributed by atoms with Crippen LogP contribution in [0.4, 0.5) is 0 Å². The summed E-state index contributed by atoms with van der Waals surface area (Å²) >= 11 is 1.84. The molecular formula is C14H18O3S. The normalized spacial score (nSPS) is 34.7. The molecule has 3 nitrogen and oxygen atoms in total. The van der Waals surface area contributed by atoms with Crippen LogP contribution < -0.4 is 0 Å². The van der Waals surface area contributed by atoms with Crippen LogP contribution in [-0.4, -0.2) is 36.6 Å².